The minimum atomic E-state index is -4.08. The number of esters is 1. The average molecular weight is 489 g/mol. The van der Waals surface area contributed by atoms with Crippen LogP contribution in [0.3, 0.4) is 0 Å². The molecule has 0 unspecified atom stereocenters. The maximum absolute atomic E-state index is 12.6. The predicted molar refractivity (Wildman–Crippen MR) is 124 cm³/mol. The number of nitrogens with one attached hydrogen (secondary N) is 2. The van der Waals surface area contributed by atoms with Crippen molar-refractivity contribution in [3.8, 4) is 0 Å². The lowest BCUT2D eigenvalue weighted by molar-refractivity contribution is -0.384. The number of ether oxygens (including phenoxy) is 1. The third kappa shape index (κ3) is 6.05. The minimum Gasteiger partial charge on any atom is -0.465 e. The van der Waals surface area contributed by atoms with Gasteiger partial charge in [0.15, 0.2) is 0 Å². The molecule has 0 radical (unpaired) electrons. The molecule has 0 amide bonds. The number of rotatable bonds is 8. The normalized spacial score (nSPS) is 11.2. The number of carbonyl (C=O) groups is 1. The van der Waals surface area contributed by atoms with E-state index in [1.54, 1.807) is 24.3 Å². The first-order valence-corrected chi connectivity index (χ1v) is 11.1. The van der Waals surface area contributed by atoms with Gasteiger partial charge in [0.2, 0.25) is 0 Å². The van der Waals surface area contributed by atoms with Gasteiger partial charge in [-0.2, -0.15) is 5.10 Å². The van der Waals surface area contributed by atoms with E-state index in [-0.39, 0.29) is 16.3 Å². The maximum atomic E-state index is 12.6. The highest BCUT2D eigenvalue weighted by Crippen LogP contribution is 2.28. The van der Waals surface area contributed by atoms with E-state index in [9.17, 15) is 23.3 Å². The molecule has 0 bridgehead atoms. The highest BCUT2D eigenvalue weighted by atomic mass is 35.5. The van der Waals surface area contributed by atoms with Gasteiger partial charge in [-0.05, 0) is 54.1 Å². The maximum Gasteiger partial charge on any atom is 0.337 e. The molecule has 0 saturated carbocycles. The van der Waals surface area contributed by atoms with Crippen LogP contribution >= 0.6 is 11.6 Å². The van der Waals surface area contributed by atoms with E-state index < -0.39 is 26.6 Å². The first-order chi connectivity index (χ1) is 15.7. The molecule has 3 rings (SSSR count). The summed E-state index contributed by atoms with van der Waals surface area (Å²) in [6.07, 6.45) is 1.39. The molecular weight excluding hydrogens is 472 g/mol. The Morgan fingerprint density at radius 3 is 2.36 bits per heavy atom. The van der Waals surface area contributed by atoms with Crippen LogP contribution < -0.4 is 10.1 Å². The topological polar surface area (TPSA) is 140 Å². The third-order valence-electron chi connectivity index (χ3n) is 4.30. The summed E-state index contributed by atoms with van der Waals surface area (Å²) in [4.78, 5) is 21.9. The summed E-state index contributed by atoms with van der Waals surface area (Å²) in [6, 6.07) is 15.7. The third-order valence-corrected chi connectivity index (χ3v) is 5.93. The molecular formula is C21H17ClN4O6S. The second-order valence-corrected chi connectivity index (χ2v) is 8.65. The van der Waals surface area contributed by atoms with Crippen LogP contribution in [0.2, 0.25) is 5.02 Å². The van der Waals surface area contributed by atoms with Crippen molar-refractivity contribution in [3.05, 3.63) is 93.0 Å². The van der Waals surface area contributed by atoms with E-state index in [0.29, 0.717) is 16.1 Å². The van der Waals surface area contributed by atoms with E-state index >= 15 is 0 Å². The Balaban J connectivity index is 1.78. The van der Waals surface area contributed by atoms with E-state index in [1.165, 1.54) is 49.7 Å². The van der Waals surface area contributed by atoms with Gasteiger partial charge in [0.05, 0.1) is 28.7 Å². The lowest BCUT2D eigenvalue weighted by Gasteiger charge is -2.09. The van der Waals surface area contributed by atoms with Gasteiger partial charge in [-0.1, -0.05) is 23.7 Å². The Labute approximate surface area is 194 Å². The van der Waals surface area contributed by atoms with Gasteiger partial charge in [-0.15, -0.1) is 0 Å². The summed E-state index contributed by atoms with van der Waals surface area (Å²) in [5.41, 5.74) is 3.28. The fraction of sp³-hybridized carbons (Fsp3) is 0.0476. The van der Waals surface area contributed by atoms with Crippen molar-refractivity contribution in [3.63, 3.8) is 0 Å². The first kappa shape index (κ1) is 23.7. The highest BCUT2D eigenvalue weighted by Gasteiger charge is 2.21. The highest BCUT2D eigenvalue weighted by molar-refractivity contribution is 7.92. The molecule has 0 fully saturated rings. The fourth-order valence-electron chi connectivity index (χ4n) is 2.66. The zero-order valence-corrected chi connectivity index (χ0v) is 18.6. The molecule has 3 aromatic carbocycles. The lowest BCUT2D eigenvalue weighted by atomic mass is 10.1. The van der Waals surface area contributed by atoms with Gasteiger partial charge in [0.25, 0.3) is 15.7 Å². The molecule has 0 saturated heterocycles. The van der Waals surface area contributed by atoms with Gasteiger partial charge in [-0.3, -0.25) is 20.3 Å². The molecule has 0 heterocycles. The smallest absolute Gasteiger partial charge is 0.337 e. The van der Waals surface area contributed by atoms with Crippen molar-refractivity contribution in [1.82, 2.24) is 0 Å². The predicted octanol–water partition coefficient (Wildman–Crippen LogP) is 4.28. The molecule has 0 aromatic heterocycles. The molecule has 3 aromatic rings. The van der Waals surface area contributed by atoms with Crippen molar-refractivity contribution >= 4 is 50.9 Å². The summed E-state index contributed by atoms with van der Waals surface area (Å²) in [5.74, 6) is -0.479. The zero-order chi connectivity index (χ0) is 24.0. The molecule has 2 N–H and O–H groups in total. The largest absolute Gasteiger partial charge is 0.465 e. The minimum absolute atomic E-state index is 0.00660. The molecule has 33 heavy (non-hydrogen) atoms. The SMILES string of the molecule is COC(=O)c1ccc(/C=N\Nc2ccc(S(=O)(=O)Nc3ccc(Cl)cc3)cc2[N+](=O)[O-])cc1. The van der Waals surface area contributed by atoms with Gasteiger partial charge < -0.3 is 4.74 Å². The van der Waals surface area contributed by atoms with Gasteiger partial charge in [0.1, 0.15) is 5.69 Å². The van der Waals surface area contributed by atoms with Crippen molar-refractivity contribution in [2.24, 2.45) is 5.10 Å². The number of nitro groups is 1. The number of methoxy groups -OCH3 is 1. The first-order valence-electron chi connectivity index (χ1n) is 9.24. The zero-order valence-electron chi connectivity index (χ0n) is 17.1. The van der Waals surface area contributed by atoms with Crippen LogP contribution in [0.4, 0.5) is 17.1 Å². The standard InChI is InChI=1S/C21H17ClN4O6S/c1-32-21(27)15-4-2-14(3-5-15)13-23-24-19-11-10-18(12-20(19)26(28)29)33(30,31)25-17-8-6-16(22)7-9-17/h2-13,24-25H,1H3/b23-13-. The number of nitro benzene ring substituents is 1. The number of halogens is 1. The lowest BCUT2D eigenvalue weighted by Crippen LogP contribution is -2.13. The van der Waals surface area contributed by atoms with E-state index in [0.717, 1.165) is 6.07 Å². The van der Waals surface area contributed by atoms with Crippen LogP contribution in [0, 0.1) is 10.1 Å². The molecule has 0 aliphatic carbocycles. The second-order valence-electron chi connectivity index (χ2n) is 6.53. The molecule has 0 aliphatic rings. The summed E-state index contributed by atoms with van der Waals surface area (Å²) in [7, 11) is -2.80. The number of anilines is 2. The number of nitrogens with zero attached hydrogens (tertiary/aromatic N) is 2. The number of sulfonamides is 1. The summed E-state index contributed by atoms with van der Waals surface area (Å²) < 4.78 is 32.2. The molecule has 12 heteroatoms. The summed E-state index contributed by atoms with van der Waals surface area (Å²) in [6.45, 7) is 0. The number of hydrogen-bond acceptors (Lipinski definition) is 8. The number of hydrogen-bond donors (Lipinski definition) is 2. The van der Waals surface area contributed by atoms with Crippen molar-refractivity contribution in [2.75, 3.05) is 17.3 Å². The second kappa shape index (κ2) is 10.1. The molecule has 0 spiro atoms. The Kier molecular flexibility index (Phi) is 7.26. The van der Waals surface area contributed by atoms with Crippen LogP contribution in [-0.4, -0.2) is 32.6 Å². The van der Waals surface area contributed by atoms with Crippen LogP contribution in [0.5, 0.6) is 0 Å². The number of benzene rings is 3. The summed E-state index contributed by atoms with van der Waals surface area (Å²) in [5, 5.41) is 15.9. The van der Waals surface area contributed by atoms with E-state index in [4.69, 9.17) is 11.6 Å². The van der Waals surface area contributed by atoms with E-state index in [1.807, 2.05) is 0 Å². The Morgan fingerprint density at radius 1 is 1.09 bits per heavy atom. The van der Waals surface area contributed by atoms with Crippen molar-refractivity contribution in [1.29, 1.82) is 0 Å². The van der Waals surface area contributed by atoms with Crippen LogP contribution in [0.1, 0.15) is 15.9 Å². The number of hydrazone groups is 1. The quantitative estimate of drug-likeness (QED) is 0.208. The average Bonchev–Trinajstić information content (AvgIpc) is 2.80. The van der Waals surface area contributed by atoms with Crippen molar-refractivity contribution < 1.29 is 22.9 Å². The Hall–Kier alpha value is -3.96. The van der Waals surface area contributed by atoms with Crippen LogP contribution in [0.15, 0.2) is 76.7 Å². The molecule has 0 aliphatic heterocycles. The Bertz CT molecular complexity index is 1310. The van der Waals surface area contributed by atoms with Gasteiger partial charge >= 0.3 is 5.97 Å². The summed E-state index contributed by atoms with van der Waals surface area (Å²) >= 11 is 5.79. The molecule has 10 nitrogen and oxygen atoms in total. The van der Waals surface area contributed by atoms with Gasteiger partial charge in [0, 0.05) is 16.8 Å². The molecule has 170 valence electrons. The number of carbonyl (C=O) groups excluding carboxylic acids is 1. The van der Waals surface area contributed by atoms with Crippen LogP contribution in [0.25, 0.3) is 0 Å². The van der Waals surface area contributed by atoms with Gasteiger partial charge in [-0.25, -0.2) is 13.2 Å². The fourth-order valence-corrected chi connectivity index (χ4v) is 3.86. The van der Waals surface area contributed by atoms with E-state index in [2.05, 4.69) is 20.0 Å². The monoisotopic (exact) mass is 488 g/mol. The Morgan fingerprint density at radius 2 is 1.76 bits per heavy atom. The van der Waals surface area contributed by atoms with Crippen LogP contribution in [-0.2, 0) is 14.8 Å². The van der Waals surface area contributed by atoms with Crippen molar-refractivity contribution in [2.45, 2.75) is 4.90 Å². The molecule has 0 atom stereocenters.